The Morgan fingerprint density at radius 2 is 1.89 bits per heavy atom. The van der Waals surface area contributed by atoms with Gasteiger partial charge in [0.15, 0.2) is 11.8 Å². The van der Waals surface area contributed by atoms with Crippen LogP contribution in [0.25, 0.3) is 28.0 Å². The number of hydrogen-bond acceptors (Lipinski definition) is 9. The second-order valence-electron chi connectivity index (χ2n) is 13.3. The topological polar surface area (TPSA) is 100 Å². The molecule has 1 saturated heterocycles. The molecule has 46 heavy (non-hydrogen) atoms. The van der Waals surface area contributed by atoms with Crippen LogP contribution in [0.5, 0.6) is 5.75 Å². The molecule has 1 aromatic carbocycles. The van der Waals surface area contributed by atoms with Crippen LogP contribution in [-0.4, -0.2) is 69.7 Å². The van der Waals surface area contributed by atoms with E-state index in [1.807, 2.05) is 87.8 Å². The minimum absolute atomic E-state index is 0.161. The Kier molecular flexibility index (Phi) is 8.60. The summed E-state index contributed by atoms with van der Waals surface area (Å²) in [6.07, 6.45) is 8.05. The minimum atomic E-state index is -0.991. The van der Waals surface area contributed by atoms with Gasteiger partial charge in [0.05, 0.1) is 36.2 Å². The first-order valence-electron chi connectivity index (χ1n) is 15.9. The van der Waals surface area contributed by atoms with E-state index < -0.39 is 17.7 Å². The number of rotatable bonds is 3. The summed E-state index contributed by atoms with van der Waals surface area (Å²) in [5.74, 6) is 1.04. The summed E-state index contributed by atoms with van der Waals surface area (Å²) in [6, 6.07) is 12.1. The van der Waals surface area contributed by atoms with Gasteiger partial charge in [-0.3, -0.25) is 4.98 Å². The van der Waals surface area contributed by atoms with Gasteiger partial charge < -0.3 is 23.8 Å². The molecular weight excluding hydrogens is 582 g/mol. The molecular formula is C36H43N5O5. The van der Waals surface area contributed by atoms with Crippen molar-refractivity contribution in [3.05, 3.63) is 72.2 Å². The molecule has 242 valence electrons. The lowest BCUT2D eigenvalue weighted by Gasteiger charge is -2.41. The average molecular weight is 626 g/mol. The number of aryl methyl sites for hydroxylation is 1. The van der Waals surface area contributed by atoms with Crippen LogP contribution in [0.2, 0.25) is 0 Å². The van der Waals surface area contributed by atoms with Crippen molar-refractivity contribution in [1.29, 1.82) is 0 Å². The monoisotopic (exact) mass is 625 g/mol. The van der Waals surface area contributed by atoms with Crippen molar-refractivity contribution in [2.24, 2.45) is 0 Å². The lowest BCUT2D eigenvalue weighted by molar-refractivity contribution is -0.164. The zero-order chi connectivity index (χ0) is 32.6. The summed E-state index contributed by atoms with van der Waals surface area (Å²) in [6.45, 7) is 13.8. The van der Waals surface area contributed by atoms with Gasteiger partial charge in [0.1, 0.15) is 17.7 Å². The molecule has 7 rings (SSSR count). The van der Waals surface area contributed by atoms with Gasteiger partial charge in [-0.15, -0.1) is 0 Å². The lowest BCUT2D eigenvalue weighted by Crippen LogP contribution is -2.45. The first-order chi connectivity index (χ1) is 21.9. The number of methoxy groups -OCH3 is 1. The molecule has 1 fully saturated rings. The molecule has 6 heterocycles. The van der Waals surface area contributed by atoms with Crippen molar-refractivity contribution in [1.82, 2.24) is 19.6 Å². The molecule has 0 N–H and O–H groups in total. The molecule has 4 aromatic rings. The van der Waals surface area contributed by atoms with E-state index in [4.69, 9.17) is 29.0 Å². The molecule has 0 radical (unpaired) electrons. The fourth-order valence-corrected chi connectivity index (χ4v) is 6.17. The van der Waals surface area contributed by atoms with Crippen LogP contribution in [0.1, 0.15) is 64.8 Å². The van der Waals surface area contributed by atoms with Crippen LogP contribution < -0.4 is 9.64 Å². The molecule has 0 aliphatic carbocycles. The number of aromatic nitrogens is 4. The minimum Gasteiger partial charge on any atom is -0.486 e. The largest absolute Gasteiger partial charge is 0.486 e. The fraction of sp³-hybridized carbons (Fsp3) is 0.444. The fourth-order valence-electron chi connectivity index (χ4n) is 6.17. The highest BCUT2D eigenvalue weighted by molar-refractivity contribution is 5.81. The Balaban J connectivity index is 1.56. The van der Waals surface area contributed by atoms with Crippen LogP contribution in [0.4, 0.5) is 5.82 Å². The maximum Gasteiger partial charge on any atom is 0.339 e. The lowest BCUT2D eigenvalue weighted by atomic mass is 9.92. The Labute approximate surface area is 270 Å². The van der Waals surface area contributed by atoms with Crippen LogP contribution in [0.3, 0.4) is 0 Å². The summed E-state index contributed by atoms with van der Waals surface area (Å²) in [5.41, 5.74) is 4.60. The number of carbonyl (C=O) groups is 1. The maximum absolute atomic E-state index is 13.4. The van der Waals surface area contributed by atoms with Crippen molar-refractivity contribution in [3.63, 3.8) is 0 Å². The highest BCUT2D eigenvalue weighted by Gasteiger charge is 2.38. The van der Waals surface area contributed by atoms with Crippen molar-refractivity contribution >= 4 is 17.4 Å². The summed E-state index contributed by atoms with van der Waals surface area (Å²) < 4.78 is 26.3. The zero-order valence-corrected chi connectivity index (χ0v) is 27.7. The quantitative estimate of drug-likeness (QED) is 0.186. The first kappa shape index (κ1) is 31.7. The van der Waals surface area contributed by atoms with Crippen molar-refractivity contribution in [2.75, 3.05) is 31.7 Å². The third kappa shape index (κ3) is 6.50. The second kappa shape index (κ2) is 12.5. The van der Waals surface area contributed by atoms with E-state index in [0.717, 1.165) is 46.8 Å². The molecule has 0 amide bonds. The third-order valence-electron chi connectivity index (χ3n) is 8.57. The van der Waals surface area contributed by atoms with Gasteiger partial charge in [-0.25, -0.2) is 9.78 Å². The number of anilines is 1. The van der Waals surface area contributed by atoms with Crippen molar-refractivity contribution < 1.29 is 23.7 Å². The molecule has 10 heteroatoms. The summed E-state index contributed by atoms with van der Waals surface area (Å²) >= 11 is 0. The highest BCUT2D eigenvalue weighted by Crippen LogP contribution is 2.39. The number of pyridine rings is 1. The number of esters is 1. The van der Waals surface area contributed by atoms with Crippen LogP contribution >= 0.6 is 0 Å². The van der Waals surface area contributed by atoms with Gasteiger partial charge in [-0.2, -0.15) is 9.61 Å². The van der Waals surface area contributed by atoms with Crippen LogP contribution in [0, 0.1) is 6.92 Å². The number of nitrogens with zero attached hydrogens (tertiary/aromatic N) is 5. The molecule has 3 aliphatic rings. The molecule has 3 aromatic heterocycles. The SMILES string of the molecule is COC(=O)[C@@H](OC(C)(C)C)c1c(C)nc2cc3nn2c1N1CCC(C)(CC1)OC/C=C\[C@@H](C)Oc1ccncc1-c1cccc-3c1. The van der Waals surface area contributed by atoms with E-state index >= 15 is 0 Å². The predicted octanol–water partition coefficient (Wildman–Crippen LogP) is 6.51. The number of hydrogen-bond donors (Lipinski definition) is 0. The highest BCUT2D eigenvalue weighted by atomic mass is 16.6. The molecule has 10 nitrogen and oxygen atoms in total. The van der Waals surface area contributed by atoms with Gasteiger partial charge in [0, 0.05) is 48.4 Å². The van der Waals surface area contributed by atoms with E-state index in [1.165, 1.54) is 7.11 Å². The van der Waals surface area contributed by atoms with E-state index in [2.05, 4.69) is 22.9 Å². The van der Waals surface area contributed by atoms with Crippen molar-refractivity contribution in [2.45, 2.75) is 77.8 Å². The van der Waals surface area contributed by atoms with Gasteiger partial charge >= 0.3 is 5.97 Å². The first-order valence-corrected chi connectivity index (χ1v) is 15.9. The van der Waals surface area contributed by atoms with E-state index in [9.17, 15) is 4.79 Å². The van der Waals surface area contributed by atoms with E-state index in [-0.39, 0.29) is 11.7 Å². The normalized spacial score (nSPS) is 21.5. The van der Waals surface area contributed by atoms with Crippen LogP contribution in [-0.2, 0) is 19.0 Å². The molecule has 0 spiro atoms. The van der Waals surface area contributed by atoms with Gasteiger partial charge in [0.25, 0.3) is 0 Å². The standard InChI is InChI=1S/C36H43N5O5/c1-23-10-9-19-44-36(6)14-17-40(18-15-36)33-31(32(34(42)43-7)46-35(3,4)5)24(2)38-30-21-28(39-41(30)33)26-12-8-11-25(20-26)27-22-37-16-13-29(27)45-23/h8-13,16,20-23,32H,14-15,17-19H2,1-7H3/b10-9-/t23-,32+/m1/s1. The Morgan fingerprint density at radius 3 is 2.63 bits per heavy atom. The number of piperidine rings is 1. The smallest absolute Gasteiger partial charge is 0.339 e. The van der Waals surface area contributed by atoms with Gasteiger partial charge in [0.2, 0.25) is 0 Å². The van der Waals surface area contributed by atoms with E-state index in [1.54, 1.807) is 6.20 Å². The molecule has 3 aliphatic heterocycles. The number of fused-ring (bicyclic) bond motifs is 6. The van der Waals surface area contributed by atoms with Crippen LogP contribution in [0.15, 0.2) is 60.9 Å². The Bertz CT molecular complexity index is 1770. The summed E-state index contributed by atoms with van der Waals surface area (Å²) in [7, 11) is 1.38. The Hall–Kier alpha value is -4.28. The third-order valence-corrected chi connectivity index (χ3v) is 8.57. The van der Waals surface area contributed by atoms with Crippen molar-refractivity contribution in [3.8, 4) is 28.1 Å². The van der Waals surface area contributed by atoms with E-state index in [0.29, 0.717) is 36.6 Å². The zero-order valence-electron chi connectivity index (χ0n) is 27.7. The molecule has 6 bridgehead atoms. The second-order valence-corrected chi connectivity index (χ2v) is 13.3. The Morgan fingerprint density at radius 1 is 1.13 bits per heavy atom. The summed E-state index contributed by atoms with van der Waals surface area (Å²) in [4.78, 5) is 25.0. The summed E-state index contributed by atoms with van der Waals surface area (Å²) in [5, 5.41) is 5.13. The predicted molar refractivity (Wildman–Crippen MR) is 177 cm³/mol. The molecule has 0 saturated carbocycles. The number of carbonyl (C=O) groups excluding carboxylic acids is 1. The molecule has 2 atom stereocenters. The number of ether oxygens (including phenoxy) is 4. The molecule has 0 unspecified atom stereocenters. The van der Waals surface area contributed by atoms with Gasteiger partial charge in [-0.1, -0.05) is 24.3 Å². The maximum atomic E-state index is 13.4. The average Bonchev–Trinajstić information content (AvgIpc) is 3.45. The number of benzene rings is 1. The van der Waals surface area contributed by atoms with Gasteiger partial charge in [-0.05, 0) is 78.2 Å².